The third kappa shape index (κ3) is 2.60. The van der Waals surface area contributed by atoms with Gasteiger partial charge in [0.1, 0.15) is 11.4 Å². The molecule has 0 radical (unpaired) electrons. The topological polar surface area (TPSA) is 44.1 Å². The van der Waals surface area contributed by atoms with Crippen LogP contribution in [0.25, 0.3) is 0 Å². The third-order valence-corrected chi connectivity index (χ3v) is 3.43. The molecule has 1 fully saturated rings. The Hall–Kier alpha value is -1.89. The van der Waals surface area contributed by atoms with E-state index in [-0.39, 0.29) is 17.8 Å². The van der Waals surface area contributed by atoms with Crippen molar-refractivity contribution in [3.8, 4) is 6.07 Å². The van der Waals surface area contributed by atoms with Gasteiger partial charge in [0.15, 0.2) is 0 Å². The van der Waals surface area contributed by atoms with E-state index in [1.54, 1.807) is 25.7 Å². The van der Waals surface area contributed by atoms with E-state index in [4.69, 9.17) is 0 Å². The Kier molecular flexibility index (Phi) is 3.32. The van der Waals surface area contributed by atoms with Crippen LogP contribution in [0.5, 0.6) is 0 Å². The number of aryl methyl sites for hydroxylation is 1. The molecule has 3 nitrogen and oxygen atoms in total. The summed E-state index contributed by atoms with van der Waals surface area (Å²) >= 11 is 0. The van der Waals surface area contributed by atoms with E-state index in [0.717, 1.165) is 12.8 Å². The molecule has 1 aromatic rings. The summed E-state index contributed by atoms with van der Waals surface area (Å²) in [4.78, 5) is 14.2. The number of nitrogens with zero attached hydrogens (tertiary/aromatic N) is 2. The highest BCUT2D eigenvalue weighted by Crippen LogP contribution is 2.34. The Bertz CT molecular complexity index is 556. The maximum Gasteiger partial charge on any atom is 0.255 e. The minimum Gasteiger partial charge on any atom is -0.317 e. The number of carbonyl (C=O) groups is 1. The van der Waals surface area contributed by atoms with Crippen molar-refractivity contribution in [1.82, 2.24) is 4.90 Å². The minimum absolute atomic E-state index is 0.131. The second-order valence-corrected chi connectivity index (χ2v) is 5.54. The molecule has 1 aliphatic carbocycles. The number of carbonyl (C=O) groups excluding carboxylic acids is 1. The summed E-state index contributed by atoms with van der Waals surface area (Å²) in [5, 5.41) is 9.25. The lowest BCUT2D eigenvalue weighted by Crippen LogP contribution is -2.48. The third-order valence-electron chi connectivity index (χ3n) is 3.43. The first-order valence-electron chi connectivity index (χ1n) is 6.38. The molecule has 0 aromatic heterocycles. The van der Waals surface area contributed by atoms with Crippen LogP contribution in [0.4, 0.5) is 4.39 Å². The molecule has 1 saturated carbocycles. The lowest BCUT2D eigenvalue weighted by atomic mass is 10.0. The van der Waals surface area contributed by atoms with E-state index in [1.165, 1.54) is 18.2 Å². The summed E-state index contributed by atoms with van der Waals surface area (Å²) in [5.41, 5.74) is 0.222. The minimum atomic E-state index is -0.848. The lowest BCUT2D eigenvalue weighted by Gasteiger charge is -2.33. The SMILES string of the molecule is Cc1cc(F)ccc1C(=O)N(C1CC1)C(C)(C)C#N. The fourth-order valence-corrected chi connectivity index (χ4v) is 2.26. The van der Waals surface area contributed by atoms with Crippen molar-refractivity contribution >= 4 is 5.91 Å². The number of rotatable bonds is 3. The van der Waals surface area contributed by atoms with Crippen LogP contribution >= 0.6 is 0 Å². The molecule has 0 unspecified atom stereocenters. The zero-order valence-corrected chi connectivity index (χ0v) is 11.4. The molecule has 0 atom stereocenters. The first-order valence-corrected chi connectivity index (χ1v) is 6.38. The van der Waals surface area contributed by atoms with Gasteiger partial charge in [-0.1, -0.05) is 0 Å². The van der Waals surface area contributed by atoms with E-state index in [1.807, 2.05) is 0 Å². The van der Waals surface area contributed by atoms with Gasteiger partial charge >= 0.3 is 0 Å². The second-order valence-electron chi connectivity index (χ2n) is 5.54. The molecule has 1 aliphatic rings. The van der Waals surface area contributed by atoms with E-state index in [2.05, 4.69) is 6.07 Å². The van der Waals surface area contributed by atoms with Crippen LogP contribution in [0, 0.1) is 24.1 Å². The number of amides is 1. The molecule has 0 aliphatic heterocycles. The van der Waals surface area contributed by atoms with Crippen LogP contribution in [0.3, 0.4) is 0 Å². The molecule has 2 rings (SSSR count). The van der Waals surface area contributed by atoms with Gasteiger partial charge in [-0.25, -0.2) is 4.39 Å². The predicted molar refractivity (Wildman–Crippen MR) is 70.0 cm³/mol. The number of halogens is 1. The summed E-state index contributed by atoms with van der Waals surface area (Å²) in [5.74, 6) is -0.543. The monoisotopic (exact) mass is 260 g/mol. The van der Waals surface area contributed by atoms with Crippen molar-refractivity contribution in [2.24, 2.45) is 0 Å². The number of benzene rings is 1. The first kappa shape index (κ1) is 13.5. The number of hydrogen-bond donors (Lipinski definition) is 0. The van der Waals surface area contributed by atoms with Crippen molar-refractivity contribution in [2.45, 2.75) is 45.2 Å². The molecule has 1 amide bonds. The van der Waals surface area contributed by atoms with Gasteiger partial charge in [0.05, 0.1) is 6.07 Å². The summed E-state index contributed by atoms with van der Waals surface area (Å²) < 4.78 is 13.1. The molecule has 4 heteroatoms. The summed E-state index contributed by atoms with van der Waals surface area (Å²) in [7, 11) is 0. The second kappa shape index (κ2) is 4.65. The van der Waals surface area contributed by atoms with Crippen LogP contribution < -0.4 is 0 Å². The van der Waals surface area contributed by atoms with Crippen molar-refractivity contribution in [2.75, 3.05) is 0 Å². The summed E-state index contributed by atoms with van der Waals surface area (Å²) in [6.45, 7) is 5.19. The molecule has 1 aromatic carbocycles. The van der Waals surface area contributed by atoms with Gasteiger partial charge in [-0.15, -0.1) is 0 Å². The highest BCUT2D eigenvalue weighted by atomic mass is 19.1. The van der Waals surface area contributed by atoms with E-state index in [9.17, 15) is 14.4 Å². The molecule has 0 saturated heterocycles. The van der Waals surface area contributed by atoms with E-state index >= 15 is 0 Å². The Morgan fingerprint density at radius 3 is 2.58 bits per heavy atom. The zero-order valence-electron chi connectivity index (χ0n) is 11.4. The van der Waals surface area contributed by atoms with Crippen molar-refractivity contribution in [3.05, 3.63) is 35.1 Å². The molecule has 19 heavy (non-hydrogen) atoms. The van der Waals surface area contributed by atoms with Gasteiger partial charge in [-0.3, -0.25) is 4.79 Å². The van der Waals surface area contributed by atoms with Gasteiger partial charge in [0.2, 0.25) is 0 Å². The van der Waals surface area contributed by atoms with E-state index < -0.39 is 5.54 Å². The maximum atomic E-state index is 13.1. The Morgan fingerprint density at radius 1 is 1.47 bits per heavy atom. The summed E-state index contributed by atoms with van der Waals surface area (Å²) in [6.07, 6.45) is 1.86. The molecule has 0 N–H and O–H groups in total. The molecule has 0 bridgehead atoms. The largest absolute Gasteiger partial charge is 0.317 e. The normalized spacial score (nSPS) is 14.9. The molecule has 0 heterocycles. The van der Waals surface area contributed by atoms with Crippen LogP contribution in [-0.4, -0.2) is 22.4 Å². The fraction of sp³-hybridized carbons (Fsp3) is 0.467. The quantitative estimate of drug-likeness (QED) is 0.838. The van der Waals surface area contributed by atoms with Gasteiger partial charge in [0, 0.05) is 11.6 Å². The predicted octanol–water partition coefficient (Wildman–Crippen LogP) is 3.04. The molecule has 0 spiro atoms. The average molecular weight is 260 g/mol. The van der Waals surface area contributed by atoms with Gasteiger partial charge in [-0.2, -0.15) is 5.26 Å². The van der Waals surface area contributed by atoms with E-state index in [0.29, 0.717) is 11.1 Å². The molecule has 100 valence electrons. The average Bonchev–Trinajstić information content (AvgIpc) is 3.13. The highest BCUT2D eigenvalue weighted by Gasteiger charge is 2.42. The van der Waals surface area contributed by atoms with Crippen molar-refractivity contribution in [3.63, 3.8) is 0 Å². The Labute approximate surface area is 112 Å². The van der Waals surface area contributed by atoms with Crippen LogP contribution in [-0.2, 0) is 0 Å². The van der Waals surface area contributed by atoms with Gasteiger partial charge < -0.3 is 4.90 Å². The smallest absolute Gasteiger partial charge is 0.255 e. The van der Waals surface area contributed by atoms with Crippen LogP contribution in [0.15, 0.2) is 18.2 Å². The maximum absolute atomic E-state index is 13.1. The zero-order chi connectivity index (χ0) is 14.2. The molecular weight excluding hydrogens is 243 g/mol. The fourth-order valence-electron chi connectivity index (χ4n) is 2.26. The van der Waals surface area contributed by atoms with Crippen molar-refractivity contribution in [1.29, 1.82) is 5.26 Å². The van der Waals surface area contributed by atoms with Crippen LogP contribution in [0.2, 0.25) is 0 Å². The van der Waals surface area contributed by atoms with Crippen LogP contribution in [0.1, 0.15) is 42.6 Å². The van der Waals surface area contributed by atoms with Crippen molar-refractivity contribution < 1.29 is 9.18 Å². The first-order chi connectivity index (χ1) is 8.86. The Morgan fingerprint density at radius 2 is 2.11 bits per heavy atom. The number of hydrogen-bond acceptors (Lipinski definition) is 2. The van der Waals surface area contributed by atoms with Gasteiger partial charge in [-0.05, 0) is 57.4 Å². The standard InChI is InChI=1S/C15H17FN2O/c1-10-8-11(16)4-7-13(10)14(19)18(12-5-6-12)15(2,3)9-17/h4,7-8,12H,5-6H2,1-3H3. The van der Waals surface area contributed by atoms with Gasteiger partial charge in [0.25, 0.3) is 5.91 Å². The lowest BCUT2D eigenvalue weighted by molar-refractivity contribution is 0.0614. The number of nitriles is 1. The Balaban J connectivity index is 2.38. The molecular formula is C15H17FN2O. The highest BCUT2D eigenvalue weighted by molar-refractivity contribution is 5.96. The summed E-state index contributed by atoms with van der Waals surface area (Å²) in [6, 6.07) is 6.43.